The van der Waals surface area contributed by atoms with Crippen LogP contribution < -0.4 is 0 Å². The molecule has 0 aromatic carbocycles. The molecule has 1 aliphatic carbocycles. The third-order valence-corrected chi connectivity index (χ3v) is 4.37. The minimum Gasteiger partial charge on any atom is -0.359 e. The fourth-order valence-electron chi connectivity index (χ4n) is 3.47. The van der Waals surface area contributed by atoms with Crippen molar-refractivity contribution in [1.29, 1.82) is 0 Å². The van der Waals surface area contributed by atoms with E-state index in [1.165, 1.54) is 32.1 Å². The first kappa shape index (κ1) is 11.0. The number of fused-ring (bicyclic) bond motifs is 1. The average molecular weight is 232 g/mol. The van der Waals surface area contributed by atoms with Gasteiger partial charge < -0.3 is 4.98 Å². The molecule has 1 aromatic rings. The highest BCUT2D eigenvalue weighted by atomic mass is 16.1. The van der Waals surface area contributed by atoms with Gasteiger partial charge in [0.1, 0.15) is 0 Å². The van der Waals surface area contributed by atoms with Crippen LogP contribution in [0.1, 0.15) is 42.6 Å². The second-order valence-electron chi connectivity index (χ2n) is 5.38. The summed E-state index contributed by atoms with van der Waals surface area (Å²) >= 11 is 0. The first-order valence-corrected chi connectivity index (χ1v) is 6.75. The van der Waals surface area contributed by atoms with Crippen molar-refractivity contribution in [2.75, 3.05) is 13.1 Å². The van der Waals surface area contributed by atoms with Crippen LogP contribution in [0.15, 0.2) is 18.3 Å². The molecule has 1 aromatic heterocycles. The fourth-order valence-corrected chi connectivity index (χ4v) is 3.47. The Kier molecular flexibility index (Phi) is 3.02. The predicted octanol–water partition coefficient (Wildman–Crippen LogP) is 2.46. The summed E-state index contributed by atoms with van der Waals surface area (Å²) in [4.78, 5) is 17.5. The van der Waals surface area contributed by atoms with Gasteiger partial charge in [0, 0.05) is 12.2 Å². The smallest absolute Gasteiger partial charge is 0.192 e. The maximum atomic E-state index is 12.1. The molecule has 3 nitrogen and oxygen atoms in total. The molecule has 17 heavy (non-hydrogen) atoms. The van der Waals surface area contributed by atoms with Crippen molar-refractivity contribution in [3.05, 3.63) is 24.0 Å². The number of Topliss-reactive ketones (excluding diaryl/α,β-unsaturated/α-hetero) is 1. The number of rotatable bonds is 3. The van der Waals surface area contributed by atoms with Crippen molar-refractivity contribution < 1.29 is 4.79 Å². The molecule has 1 saturated heterocycles. The number of nitrogens with zero attached hydrogens (tertiary/aromatic N) is 1. The van der Waals surface area contributed by atoms with Gasteiger partial charge in [0.2, 0.25) is 0 Å². The number of likely N-dealkylation sites (tertiary alicyclic amines) is 1. The van der Waals surface area contributed by atoms with Crippen molar-refractivity contribution in [3.63, 3.8) is 0 Å². The monoisotopic (exact) mass is 232 g/mol. The maximum Gasteiger partial charge on any atom is 0.192 e. The van der Waals surface area contributed by atoms with Crippen LogP contribution in [0.5, 0.6) is 0 Å². The first-order chi connectivity index (χ1) is 8.34. The van der Waals surface area contributed by atoms with Gasteiger partial charge in [-0.25, -0.2) is 0 Å². The standard InChI is InChI=1S/C14H20N2O/c17-14(12-5-3-8-15-12)10-16-9-7-11-4-1-2-6-13(11)16/h3,5,8,11,13,15H,1-2,4,6-7,9-10H2. The normalized spacial score (nSPS) is 29.2. The number of nitrogens with one attached hydrogen (secondary N) is 1. The molecule has 3 heteroatoms. The summed E-state index contributed by atoms with van der Waals surface area (Å²) < 4.78 is 0. The summed E-state index contributed by atoms with van der Waals surface area (Å²) in [6.45, 7) is 1.71. The Bertz CT molecular complexity index is 385. The van der Waals surface area contributed by atoms with Crippen molar-refractivity contribution in [2.45, 2.75) is 38.1 Å². The number of hydrogen-bond acceptors (Lipinski definition) is 2. The first-order valence-electron chi connectivity index (χ1n) is 6.75. The molecule has 1 aliphatic heterocycles. The van der Waals surface area contributed by atoms with E-state index in [1.807, 2.05) is 18.3 Å². The minimum absolute atomic E-state index is 0.237. The van der Waals surface area contributed by atoms with Gasteiger partial charge in [0.25, 0.3) is 0 Å². The molecule has 2 atom stereocenters. The Hall–Kier alpha value is -1.09. The van der Waals surface area contributed by atoms with E-state index in [2.05, 4.69) is 9.88 Å². The van der Waals surface area contributed by atoms with E-state index in [-0.39, 0.29) is 5.78 Å². The van der Waals surface area contributed by atoms with Crippen LogP contribution in [0.2, 0.25) is 0 Å². The number of carbonyl (C=O) groups excluding carboxylic acids is 1. The Morgan fingerprint density at radius 3 is 3.06 bits per heavy atom. The van der Waals surface area contributed by atoms with E-state index in [0.29, 0.717) is 12.6 Å². The fraction of sp³-hybridized carbons (Fsp3) is 0.643. The number of aromatic nitrogens is 1. The highest BCUT2D eigenvalue weighted by molar-refractivity contribution is 5.95. The Labute approximate surface area is 102 Å². The molecule has 2 unspecified atom stereocenters. The predicted molar refractivity (Wildman–Crippen MR) is 67.1 cm³/mol. The molecular weight excluding hydrogens is 212 g/mol. The van der Waals surface area contributed by atoms with Gasteiger partial charge in [-0.1, -0.05) is 12.8 Å². The average Bonchev–Trinajstić information content (AvgIpc) is 2.98. The van der Waals surface area contributed by atoms with Crippen molar-refractivity contribution in [3.8, 4) is 0 Å². The van der Waals surface area contributed by atoms with Crippen LogP contribution in [-0.4, -0.2) is 34.8 Å². The molecule has 2 heterocycles. The SMILES string of the molecule is O=C(CN1CCC2CCCCC21)c1ccc[nH]1. The lowest BCUT2D eigenvalue weighted by molar-refractivity contribution is 0.0891. The van der Waals surface area contributed by atoms with Crippen LogP contribution in [-0.2, 0) is 0 Å². The number of ketones is 1. The van der Waals surface area contributed by atoms with Crippen molar-refractivity contribution in [2.24, 2.45) is 5.92 Å². The van der Waals surface area contributed by atoms with E-state index in [1.54, 1.807) is 0 Å². The molecule has 1 N–H and O–H groups in total. The molecule has 0 spiro atoms. The Morgan fingerprint density at radius 2 is 2.24 bits per heavy atom. The van der Waals surface area contributed by atoms with Gasteiger partial charge in [-0.2, -0.15) is 0 Å². The third-order valence-electron chi connectivity index (χ3n) is 4.37. The third kappa shape index (κ3) is 2.16. The van der Waals surface area contributed by atoms with Gasteiger partial charge in [-0.15, -0.1) is 0 Å². The molecule has 2 aliphatic rings. The van der Waals surface area contributed by atoms with Gasteiger partial charge in [-0.05, 0) is 43.9 Å². The van der Waals surface area contributed by atoms with Crippen LogP contribution in [0.25, 0.3) is 0 Å². The van der Waals surface area contributed by atoms with E-state index < -0.39 is 0 Å². The zero-order chi connectivity index (χ0) is 11.7. The molecule has 0 amide bonds. The van der Waals surface area contributed by atoms with E-state index >= 15 is 0 Å². The summed E-state index contributed by atoms with van der Waals surface area (Å²) in [5.41, 5.74) is 0.754. The molecule has 0 radical (unpaired) electrons. The number of carbonyl (C=O) groups is 1. The minimum atomic E-state index is 0.237. The summed E-state index contributed by atoms with van der Waals surface area (Å²) in [6, 6.07) is 4.44. The van der Waals surface area contributed by atoms with E-state index in [4.69, 9.17) is 0 Å². The van der Waals surface area contributed by atoms with Crippen LogP contribution in [0.3, 0.4) is 0 Å². The van der Waals surface area contributed by atoms with Crippen LogP contribution >= 0.6 is 0 Å². The maximum absolute atomic E-state index is 12.1. The summed E-state index contributed by atoms with van der Waals surface area (Å²) in [7, 11) is 0. The number of aromatic amines is 1. The molecule has 3 rings (SSSR count). The Balaban J connectivity index is 1.64. The molecule has 92 valence electrons. The van der Waals surface area contributed by atoms with Gasteiger partial charge >= 0.3 is 0 Å². The molecule has 0 bridgehead atoms. The molecular formula is C14H20N2O. The lowest BCUT2D eigenvalue weighted by Gasteiger charge is -2.31. The topological polar surface area (TPSA) is 36.1 Å². The highest BCUT2D eigenvalue weighted by Crippen LogP contribution is 2.35. The lowest BCUT2D eigenvalue weighted by atomic mass is 9.85. The molecule has 2 fully saturated rings. The summed E-state index contributed by atoms with van der Waals surface area (Å²) in [6.07, 6.45) is 8.51. The van der Waals surface area contributed by atoms with Crippen LogP contribution in [0, 0.1) is 5.92 Å². The lowest BCUT2D eigenvalue weighted by Crippen LogP contribution is -2.38. The number of H-pyrrole nitrogens is 1. The summed E-state index contributed by atoms with van der Waals surface area (Å²) in [5, 5.41) is 0. The second-order valence-corrected chi connectivity index (χ2v) is 5.38. The second kappa shape index (κ2) is 4.65. The van der Waals surface area contributed by atoms with Gasteiger partial charge in [0.05, 0.1) is 12.2 Å². The van der Waals surface area contributed by atoms with E-state index in [0.717, 1.165) is 18.2 Å². The van der Waals surface area contributed by atoms with Crippen molar-refractivity contribution in [1.82, 2.24) is 9.88 Å². The largest absolute Gasteiger partial charge is 0.359 e. The zero-order valence-corrected chi connectivity index (χ0v) is 10.2. The molecule has 1 saturated carbocycles. The van der Waals surface area contributed by atoms with Crippen molar-refractivity contribution >= 4 is 5.78 Å². The van der Waals surface area contributed by atoms with E-state index in [9.17, 15) is 4.79 Å². The van der Waals surface area contributed by atoms with Gasteiger partial charge in [0.15, 0.2) is 5.78 Å². The van der Waals surface area contributed by atoms with Gasteiger partial charge in [-0.3, -0.25) is 9.69 Å². The zero-order valence-electron chi connectivity index (χ0n) is 10.2. The number of hydrogen-bond donors (Lipinski definition) is 1. The Morgan fingerprint density at radius 1 is 1.35 bits per heavy atom. The highest BCUT2D eigenvalue weighted by Gasteiger charge is 2.36. The van der Waals surface area contributed by atoms with Crippen LogP contribution in [0.4, 0.5) is 0 Å². The quantitative estimate of drug-likeness (QED) is 0.813. The summed E-state index contributed by atoms with van der Waals surface area (Å²) in [5.74, 6) is 1.10.